The van der Waals surface area contributed by atoms with Crippen LogP contribution in [-0.2, 0) is 0 Å². The maximum atomic E-state index is 12.9. The summed E-state index contributed by atoms with van der Waals surface area (Å²) in [6, 6.07) is 8.06. The van der Waals surface area contributed by atoms with Crippen molar-refractivity contribution in [2.24, 2.45) is 0 Å². The van der Waals surface area contributed by atoms with Gasteiger partial charge < -0.3 is 9.80 Å². The molecule has 0 aromatic heterocycles. The van der Waals surface area contributed by atoms with E-state index in [9.17, 15) is 9.59 Å². The second kappa shape index (κ2) is 8.70. The van der Waals surface area contributed by atoms with Crippen molar-refractivity contribution in [2.75, 3.05) is 13.1 Å². The number of piperidine rings is 2. The summed E-state index contributed by atoms with van der Waals surface area (Å²) in [4.78, 5) is 29.8. The lowest BCUT2D eigenvalue weighted by Gasteiger charge is -2.36. The fourth-order valence-electron chi connectivity index (χ4n) is 4.47. The number of likely N-dealkylation sites (tertiary alicyclic amines) is 2. The van der Waals surface area contributed by atoms with E-state index in [1.807, 2.05) is 34.1 Å². The zero-order valence-corrected chi connectivity index (χ0v) is 16.2. The van der Waals surface area contributed by atoms with Crippen molar-refractivity contribution in [2.45, 2.75) is 77.3 Å². The molecule has 1 aromatic carbocycles. The average Bonchev–Trinajstić information content (AvgIpc) is 2.72. The number of carbonyl (C=O) groups is 2. The zero-order valence-electron chi connectivity index (χ0n) is 16.2. The maximum Gasteiger partial charge on any atom is 0.254 e. The van der Waals surface area contributed by atoms with E-state index in [4.69, 9.17) is 0 Å². The molecule has 26 heavy (non-hydrogen) atoms. The normalized spacial score (nSPS) is 23.8. The van der Waals surface area contributed by atoms with E-state index in [1.165, 1.54) is 12.8 Å². The molecule has 2 saturated heterocycles. The minimum Gasteiger partial charge on any atom is -0.336 e. The second-order valence-corrected chi connectivity index (χ2v) is 7.69. The van der Waals surface area contributed by atoms with Crippen molar-refractivity contribution in [3.63, 3.8) is 0 Å². The fourth-order valence-corrected chi connectivity index (χ4v) is 4.47. The van der Waals surface area contributed by atoms with Crippen LogP contribution in [0.25, 0.3) is 0 Å². The Morgan fingerprint density at radius 1 is 0.769 bits per heavy atom. The molecule has 2 atom stereocenters. The molecule has 2 aliphatic rings. The van der Waals surface area contributed by atoms with E-state index in [0.717, 1.165) is 51.6 Å². The first-order valence-electron chi connectivity index (χ1n) is 10.4. The van der Waals surface area contributed by atoms with Crippen LogP contribution in [-0.4, -0.2) is 46.8 Å². The lowest BCUT2D eigenvalue weighted by atomic mass is 9.97. The number of hydrogen-bond donors (Lipinski definition) is 0. The van der Waals surface area contributed by atoms with Crippen molar-refractivity contribution in [3.8, 4) is 0 Å². The molecule has 2 fully saturated rings. The molecule has 4 heteroatoms. The van der Waals surface area contributed by atoms with Crippen LogP contribution in [0.3, 0.4) is 0 Å². The van der Waals surface area contributed by atoms with Gasteiger partial charge in [0.2, 0.25) is 0 Å². The summed E-state index contributed by atoms with van der Waals surface area (Å²) < 4.78 is 0. The molecule has 0 unspecified atom stereocenters. The maximum absolute atomic E-state index is 12.9. The van der Waals surface area contributed by atoms with Gasteiger partial charge in [-0.05, 0) is 75.6 Å². The predicted molar refractivity (Wildman–Crippen MR) is 104 cm³/mol. The second-order valence-electron chi connectivity index (χ2n) is 7.69. The lowest BCUT2D eigenvalue weighted by Crippen LogP contribution is -2.44. The molecular weight excluding hydrogens is 324 g/mol. The third-order valence-corrected chi connectivity index (χ3v) is 6.10. The van der Waals surface area contributed by atoms with Gasteiger partial charge in [-0.15, -0.1) is 0 Å². The molecule has 4 nitrogen and oxygen atoms in total. The Bertz CT molecular complexity index is 571. The summed E-state index contributed by atoms with van der Waals surface area (Å²) in [7, 11) is 0. The van der Waals surface area contributed by atoms with Crippen molar-refractivity contribution >= 4 is 11.8 Å². The van der Waals surface area contributed by atoms with Crippen LogP contribution in [0.15, 0.2) is 24.3 Å². The van der Waals surface area contributed by atoms with Crippen LogP contribution in [0.5, 0.6) is 0 Å². The van der Waals surface area contributed by atoms with Gasteiger partial charge in [-0.3, -0.25) is 9.59 Å². The lowest BCUT2D eigenvalue weighted by molar-refractivity contribution is 0.0596. The summed E-state index contributed by atoms with van der Waals surface area (Å²) in [5.41, 5.74) is 1.40. The van der Waals surface area contributed by atoms with Gasteiger partial charge in [0, 0.05) is 36.3 Å². The van der Waals surface area contributed by atoms with Gasteiger partial charge in [-0.2, -0.15) is 0 Å². The van der Waals surface area contributed by atoms with E-state index in [-0.39, 0.29) is 11.8 Å². The Morgan fingerprint density at radius 3 is 1.50 bits per heavy atom. The molecule has 1 aromatic rings. The quantitative estimate of drug-likeness (QED) is 0.797. The number of rotatable bonds is 4. The summed E-state index contributed by atoms with van der Waals surface area (Å²) >= 11 is 0. The van der Waals surface area contributed by atoms with Gasteiger partial charge in [0.1, 0.15) is 0 Å². The first-order valence-corrected chi connectivity index (χ1v) is 10.4. The Morgan fingerprint density at radius 2 is 1.15 bits per heavy atom. The first kappa shape index (κ1) is 18.9. The van der Waals surface area contributed by atoms with Gasteiger partial charge in [0.15, 0.2) is 0 Å². The molecule has 0 radical (unpaired) electrons. The van der Waals surface area contributed by atoms with Crippen LogP contribution in [0, 0.1) is 0 Å². The number of hydrogen-bond acceptors (Lipinski definition) is 2. The number of carbonyl (C=O) groups excluding carboxylic acids is 2. The molecule has 3 rings (SSSR count). The molecule has 2 aliphatic heterocycles. The largest absolute Gasteiger partial charge is 0.336 e. The molecule has 142 valence electrons. The van der Waals surface area contributed by atoms with Crippen molar-refractivity contribution in [3.05, 3.63) is 35.4 Å². The molecule has 0 bridgehead atoms. The summed E-state index contributed by atoms with van der Waals surface area (Å²) in [5, 5.41) is 0. The Labute approximate surface area is 157 Å². The summed E-state index contributed by atoms with van der Waals surface area (Å²) in [6.45, 7) is 6.01. The number of benzene rings is 1. The van der Waals surface area contributed by atoms with Crippen LogP contribution in [0.2, 0.25) is 0 Å². The molecule has 0 spiro atoms. The predicted octanol–water partition coefficient (Wildman–Crippen LogP) is 4.50. The third-order valence-electron chi connectivity index (χ3n) is 6.10. The number of nitrogens with zero attached hydrogens (tertiary/aromatic N) is 2. The molecule has 0 saturated carbocycles. The van der Waals surface area contributed by atoms with Crippen LogP contribution in [0.4, 0.5) is 0 Å². The van der Waals surface area contributed by atoms with Gasteiger partial charge in [-0.25, -0.2) is 0 Å². The van der Waals surface area contributed by atoms with Crippen LogP contribution >= 0.6 is 0 Å². The molecule has 0 N–H and O–H groups in total. The highest BCUT2D eigenvalue weighted by Crippen LogP contribution is 2.24. The highest BCUT2D eigenvalue weighted by molar-refractivity contribution is 5.98. The highest BCUT2D eigenvalue weighted by Gasteiger charge is 2.28. The van der Waals surface area contributed by atoms with Gasteiger partial charge in [0.05, 0.1) is 0 Å². The third kappa shape index (κ3) is 3.94. The minimum atomic E-state index is 0.111. The zero-order chi connectivity index (χ0) is 18.5. The summed E-state index contributed by atoms with van der Waals surface area (Å²) in [6.07, 6.45) is 8.83. The van der Waals surface area contributed by atoms with Crippen molar-refractivity contribution < 1.29 is 9.59 Å². The topological polar surface area (TPSA) is 40.6 Å². The molecule has 2 amide bonds. The van der Waals surface area contributed by atoms with Crippen LogP contribution in [0.1, 0.15) is 85.9 Å². The molecule has 0 aliphatic carbocycles. The summed E-state index contributed by atoms with van der Waals surface area (Å²) in [5.74, 6) is 0.222. The Balaban J connectivity index is 1.71. The molecular formula is C22H32N2O2. The number of amides is 2. The molecule has 2 heterocycles. The van der Waals surface area contributed by atoms with Gasteiger partial charge in [0.25, 0.3) is 11.8 Å². The van der Waals surface area contributed by atoms with Crippen LogP contribution < -0.4 is 0 Å². The van der Waals surface area contributed by atoms with E-state index in [2.05, 4.69) is 13.8 Å². The smallest absolute Gasteiger partial charge is 0.254 e. The van der Waals surface area contributed by atoms with Gasteiger partial charge in [-0.1, -0.05) is 13.8 Å². The van der Waals surface area contributed by atoms with E-state index < -0.39 is 0 Å². The van der Waals surface area contributed by atoms with E-state index in [0.29, 0.717) is 23.2 Å². The fraction of sp³-hybridized carbons (Fsp3) is 0.636. The van der Waals surface area contributed by atoms with Crippen molar-refractivity contribution in [1.29, 1.82) is 0 Å². The average molecular weight is 357 g/mol. The Hall–Kier alpha value is -1.84. The SMILES string of the molecule is CC[C@@H]1CCCCN1C(=O)c1ccc(C(=O)N2CCCC[C@H]2CC)cc1. The standard InChI is InChI=1S/C22H32N2O2/c1-3-19-9-5-7-15-23(19)21(25)17-11-13-18(14-12-17)22(26)24-16-8-6-10-20(24)4-2/h11-14,19-20H,3-10,15-16H2,1-2H3/t19-,20-/m1/s1. The highest BCUT2D eigenvalue weighted by atomic mass is 16.2. The first-order chi connectivity index (χ1) is 12.7. The van der Waals surface area contributed by atoms with E-state index in [1.54, 1.807) is 0 Å². The van der Waals surface area contributed by atoms with Gasteiger partial charge >= 0.3 is 0 Å². The minimum absolute atomic E-state index is 0.111. The van der Waals surface area contributed by atoms with Crippen molar-refractivity contribution in [1.82, 2.24) is 9.80 Å². The monoisotopic (exact) mass is 356 g/mol. The van der Waals surface area contributed by atoms with E-state index >= 15 is 0 Å². The Kier molecular flexibility index (Phi) is 6.33.